The molecule has 0 spiro atoms. The van der Waals surface area contributed by atoms with Crippen LogP contribution in [0.25, 0.3) is 0 Å². The second-order valence-electron chi connectivity index (χ2n) is 6.92. The molecule has 0 aromatic heterocycles. The second-order valence-corrected chi connectivity index (χ2v) is 6.92. The summed E-state index contributed by atoms with van der Waals surface area (Å²) in [6, 6.07) is 6.25. The molecule has 1 amide bonds. The van der Waals surface area contributed by atoms with Crippen molar-refractivity contribution in [2.75, 3.05) is 26.2 Å². The number of carbonyl (C=O) groups excluding carboxylic acids is 2. The first kappa shape index (κ1) is 17.1. The van der Waals surface area contributed by atoms with Crippen LogP contribution in [-0.2, 0) is 4.79 Å². The van der Waals surface area contributed by atoms with Gasteiger partial charge in [0, 0.05) is 30.6 Å². The fourth-order valence-corrected chi connectivity index (χ4v) is 3.91. The van der Waals surface area contributed by atoms with Crippen LogP contribution in [0.15, 0.2) is 24.3 Å². The lowest BCUT2D eigenvalue weighted by Crippen LogP contribution is -2.39. The van der Waals surface area contributed by atoms with E-state index < -0.39 is 0 Å². The van der Waals surface area contributed by atoms with Crippen molar-refractivity contribution >= 4 is 12.2 Å². The van der Waals surface area contributed by atoms with Gasteiger partial charge in [-0.3, -0.25) is 9.59 Å². The predicted molar refractivity (Wildman–Crippen MR) is 90.3 cm³/mol. The predicted octanol–water partition coefficient (Wildman–Crippen LogP) is 2.73. The molecule has 2 aliphatic heterocycles. The Morgan fingerprint density at radius 2 is 1.83 bits per heavy atom. The van der Waals surface area contributed by atoms with Gasteiger partial charge in [-0.25, -0.2) is 4.39 Å². The van der Waals surface area contributed by atoms with Crippen molar-refractivity contribution in [3.63, 3.8) is 0 Å². The van der Waals surface area contributed by atoms with E-state index in [2.05, 4.69) is 4.90 Å². The Hall–Kier alpha value is -1.75. The summed E-state index contributed by atoms with van der Waals surface area (Å²) in [6.07, 6.45) is 5.94. The Morgan fingerprint density at radius 3 is 2.50 bits per heavy atom. The third kappa shape index (κ3) is 4.01. The molecule has 0 saturated carbocycles. The first-order valence-electron chi connectivity index (χ1n) is 8.90. The fourth-order valence-electron chi connectivity index (χ4n) is 3.91. The molecule has 0 bridgehead atoms. The van der Waals surface area contributed by atoms with E-state index in [0.717, 1.165) is 64.7 Å². The van der Waals surface area contributed by atoms with E-state index in [-0.39, 0.29) is 17.5 Å². The van der Waals surface area contributed by atoms with Crippen molar-refractivity contribution in [2.24, 2.45) is 5.92 Å². The number of hydrogen-bond donors (Lipinski definition) is 0. The van der Waals surface area contributed by atoms with E-state index in [1.54, 1.807) is 12.1 Å². The number of carbonyl (C=O) groups is 2. The van der Waals surface area contributed by atoms with Gasteiger partial charge in [0.05, 0.1) is 0 Å². The molecule has 4 nitrogen and oxygen atoms in total. The maximum absolute atomic E-state index is 13.0. The summed E-state index contributed by atoms with van der Waals surface area (Å²) in [4.78, 5) is 27.8. The number of likely N-dealkylation sites (tertiary alicyclic amines) is 2. The first-order chi connectivity index (χ1) is 11.7. The average molecular weight is 332 g/mol. The number of benzene rings is 1. The summed E-state index contributed by atoms with van der Waals surface area (Å²) < 4.78 is 13.0. The standard InChI is InChI=1S/C19H25FN2O2/c20-17-5-3-15(4-6-17)19(24)16-7-11-21(12-8-16)13-9-18-2-1-10-22(18)14-23/h3-6,14,16,18H,1-2,7-13H2. The molecule has 2 fully saturated rings. The van der Waals surface area contributed by atoms with Gasteiger partial charge in [0.15, 0.2) is 5.78 Å². The maximum Gasteiger partial charge on any atom is 0.209 e. The highest BCUT2D eigenvalue weighted by Crippen LogP contribution is 2.24. The summed E-state index contributed by atoms with van der Waals surface area (Å²) in [5.41, 5.74) is 0.613. The SMILES string of the molecule is O=CN1CCCC1CCN1CCC(C(=O)c2ccc(F)cc2)CC1. The smallest absolute Gasteiger partial charge is 0.209 e. The summed E-state index contributed by atoms with van der Waals surface area (Å²) in [5, 5.41) is 0. The third-order valence-electron chi connectivity index (χ3n) is 5.42. The van der Waals surface area contributed by atoms with Gasteiger partial charge in [-0.1, -0.05) is 0 Å². The summed E-state index contributed by atoms with van der Waals surface area (Å²) in [7, 11) is 0. The zero-order valence-corrected chi connectivity index (χ0v) is 14.0. The number of Topliss-reactive ketones (excluding diaryl/α,β-unsaturated/α-hetero) is 1. The van der Waals surface area contributed by atoms with Crippen molar-refractivity contribution in [1.29, 1.82) is 0 Å². The van der Waals surface area contributed by atoms with Gasteiger partial charge < -0.3 is 9.80 Å². The Bertz CT molecular complexity index is 567. The minimum absolute atomic E-state index is 0.0460. The minimum atomic E-state index is -0.308. The number of nitrogens with zero attached hydrogens (tertiary/aromatic N) is 2. The van der Waals surface area contributed by atoms with E-state index in [1.165, 1.54) is 12.1 Å². The van der Waals surface area contributed by atoms with E-state index in [1.807, 2.05) is 4.90 Å². The zero-order valence-electron chi connectivity index (χ0n) is 14.0. The Labute approximate surface area is 142 Å². The van der Waals surface area contributed by atoms with Crippen LogP contribution in [0.4, 0.5) is 4.39 Å². The zero-order chi connectivity index (χ0) is 16.9. The van der Waals surface area contributed by atoms with E-state index in [0.29, 0.717) is 11.6 Å². The van der Waals surface area contributed by atoms with Crippen LogP contribution in [0.3, 0.4) is 0 Å². The molecule has 5 heteroatoms. The Kier molecular flexibility index (Phi) is 5.61. The van der Waals surface area contributed by atoms with Crippen molar-refractivity contribution in [1.82, 2.24) is 9.80 Å². The lowest BCUT2D eigenvalue weighted by Gasteiger charge is -2.32. The minimum Gasteiger partial charge on any atom is -0.342 e. The van der Waals surface area contributed by atoms with Crippen LogP contribution >= 0.6 is 0 Å². The highest BCUT2D eigenvalue weighted by atomic mass is 19.1. The van der Waals surface area contributed by atoms with Crippen LogP contribution in [0, 0.1) is 11.7 Å². The maximum atomic E-state index is 13.0. The average Bonchev–Trinajstić information content (AvgIpc) is 3.08. The van der Waals surface area contributed by atoms with Crippen LogP contribution in [0.2, 0.25) is 0 Å². The summed E-state index contributed by atoms with van der Waals surface area (Å²) in [5.74, 6) is -0.125. The highest BCUT2D eigenvalue weighted by Gasteiger charge is 2.27. The summed E-state index contributed by atoms with van der Waals surface area (Å²) in [6.45, 7) is 3.73. The van der Waals surface area contributed by atoms with Gasteiger partial charge in [-0.05, 0) is 69.5 Å². The molecular weight excluding hydrogens is 307 g/mol. The molecule has 24 heavy (non-hydrogen) atoms. The van der Waals surface area contributed by atoms with Gasteiger partial charge in [0.25, 0.3) is 0 Å². The molecule has 1 aromatic carbocycles. The van der Waals surface area contributed by atoms with Crippen molar-refractivity contribution in [3.8, 4) is 0 Å². The van der Waals surface area contributed by atoms with Crippen LogP contribution in [0.5, 0.6) is 0 Å². The fraction of sp³-hybridized carbons (Fsp3) is 0.579. The molecule has 1 atom stereocenters. The molecule has 0 radical (unpaired) electrons. The van der Waals surface area contributed by atoms with E-state index in [9.17, 15) is 14.0 Å². The number of halogens is 1. The molecule has 1 unspecified atom stereocenters. The first-order valence-corrected chi connectivity index (χ1v) is 8.90. The Balaban J connectivity index is 1.44. The van der Waals surface area contributed by atoms with Gasteiger partial charge in [0.2, 0.25) is 6.41 Å². The van der Waals surface area contributed by atoms with Crippen molar-refractivity contribution < 1.29 is 14.0 Å². The van der Waals surface area contributed by atoms with Gasteiger partial charge in [-0.15, -0.1) is 0 Å². The van der Waals surface area contributed by atoms with Crippen molar-refractivity contribution in [2.45, 2.75) is 38.1 Å². The van der Waals surface area contributed by atoms with Crippen LogP contribution < -0.4 is 0 Å². The molecule has 3 rings (SSSR count). The molecule has 1 aromatic rings. The number of hydrogen-bond acceptors (Lipinski definition) is 3. The van der Waals surface area contributed by atoms with E-state index >= 15 is 0 Å². The summed E-state index contributed by atoms with van der Waals surface area (Å²) >= 11 is 0. The third-order valence-corrected chi connectivity index (χ3v) is 5.42. The lowest BCUT2D eigenvalue weighted by atomic mass is 9.89. The highest BCUT2D eigenvalue weighted by molar-refractivity contribution is 5.97. The van der Waals surface area contributed by atoms with E-state index in [4.69, 9.17) is 0 Å². The molecule has 0 aliphatic carbocycles. The number of piperidine rings is 1. The molecule has 2 heterocycles. The number of amides is 1. The van der Waals surface area contributed by atoms with Crippen LogP contribution in [0.1, 0.15) is 42.5 Å². The number of rotatable bonds is 6. The Morgan fingerprint density at radius 1 is 1.12 bits per heavy atom. The molecule has 2 saturated heterocycles. The second kappa shape index (κ2) is 7.88. The topological polar surface area (TPSA) is 40.6 Å². The molecule has 2 aliphatic rings. The monoisotopic (exact) mass is 332 g/mol. The van der Waals surface area contributed by atoms with Crippen LogP contribution in [-0.4, -0.2) is 54.2 Å². The van der Waals surface area contributed by atoms with Gasteiger partial charge >= 0.3 is 0 Å². The molecular formula is C19H25FN2O2. The molecule has 0 N–H and O–H groups in total. The quantitative estimate of drug-likeness (QED) is 0.594. The lowest BCUT2D eigenvalue weighted by molar-refractivity contribution is -0.119. The molecule has 130 valence electrons. The number of ketones is 1. The van der Waals surface area contributed by atoms with Gasteiger partial charge in [0.1, 0.15) is 5.82 Å². The normalized spacial score (nSPS) is 22.7. The van der Waals surface area contributed by atoms with Gasteiger partial charge in [-0.2, -0.15) is 0 Å². The van der Waals surface area contributed by atoms with Crippen molar-refractivity contribution in [3.05, 3.63) is 35.6 Å². The largest absolute Gasteiger partial charge is 0.342 e.